The molecule has 0 atom stereocenters. The van der Waals surface area contributed by atoms with Gasteiger partial charge in [0, 0.05) is 18.0 Å². The number of guanidine groups is 1. The van der Waals surface area contributed by atoms with Gasteiger partial charge in [-0.3, -0.25) is 4.79 Å². The zero-order valence-electron chi connectivity index (χ0n) is 10.2. The molecule has 0 bridgehead atoms. The van der Waals surface area contributed by atoms with E-state index in [2.05, 4.69) is 15.3 Å². The van der Waals surface area contributed by atoms with Crippen LogP contribution in [0.5, 0.6) is 0 Å². The van der Waals surface area contributed by atoms with Crippen LogP contribution in [0.15, 0.2) is 29.3 Å². The van der Waals surface area contributed by atoms with Gasteiger partial charge in [0.1, 0.15) is 5.69 Å². The van der Waals surface area contributed by atoms with Crippen molar-refractivity contribution >= 4 is 35.2 Å². The SMILES string of the molecule is CNC(N)=NC(=O)c1cc2cc(C)ccc2[nH]1.Cl. The van der Waals surface area contributed by atoms with Crippen LogP contribution in [-0.4, -0.2) is 23.9 Å². The van der Waals surface area contributed by atoms with Gasteiger partial charge >= 0.3 is 0 Å². The molecule has 0 spiro atoms. The Labute approximate surface area is 111 Å². The third kappa shape index (κ3) is 2.81. The quantitative estimate of drug-likeness (QED) is 0.541. The highest BCUT2D eigenvalue weighted by Crippen LogP contribution is 2.17. The minimum absolute atomic E-state index is 0. The summed E-state index contributed by atoms with van der Waals surface area (Å²) in [6, 6.07) is 7.70. The van der Waals surface area contributed by atoms with E-state index >= 15 is 0 Å². The van der Waals surface area contributed by atoms with E-state index in [1.165, 1.54) is 0 Å². The van der Waals surface area contributed by atoms with Crippen LogP contribution >= 0.6 is 12.4 Å². The first kappa shape index (κ1) is 14.1. The standard InChI is InChI=1S/C12H14N4O.ClH/c1-7-3-4-9-8(5-7)6-10(15-9)11(17)16-12(13)14-2;/h3-6,15H,1-2H3,(H3,13,14,16,17);1H. The first-order chi connectivity index (χ1) is 8.10. The molecule has 4 N–H and O–H groups in total. The number of aromatic nitrogens is 1. The predicted molar refractivity (Wildman–Crippen MR) is 75.3 cm³/mol. The summed E-state index contributed by atoms with van der Waals surface area (Å²) in [7, 11) is 1.61. The summed E-state index contributed by atoms with van der Waals surface area (Å²) < 4.78 is 0. The Morgan fingerprint density at radius 3 is 2.78 bits per heavy atom. The van der Waals surface area contributed by atoms with Crippen molar-refractivity contribution in [2.24, 2.45) is 10.7 Å². The van der Waals surface area contributed by atoms with Crippen molar-refractivity contribution in [2.45, 2.75) is 6.92 Å². The van der Waals surface area contributed by atoms with Crippen molar-refractivity contribution in [3.63, 3.8) is 0 Å². The number of nitrogens with two attached hydrogens (primary N) is 1. The number of benzene rings is 1. The van der Waals surface area contributed by atoms with Gasteiger partial charge in [0.05, 0.1) is 0 Å². The van der Waals surface area contributed by atoms with E-state index < -0.39 is 0 Å². The van der Waals surface area contributed by atoms with Crippen molar-refractivity contribution in [3.8, 4) is 0 Å². The first-order valence-electron chi connectivity index (χ1n) is 5.26. The highest BCUT2D eigenvalue weighted by molar-refractivity contribution is 6.03. The second-order valence-electron chi connectivity index (χ2n) is 3.83. The molecule has 0 saturated carbocycles. The van der Waals surface area contributed by atoms with E-state index in [1.54, 1.807) is 13.1 Å². The zero-order valence-corrected chi connectivity index (χ0v) is 11.0. The second kappa shape index (κ2) is 5.55. The van der Waals surface area contributed by atoms with Gasteiger partial charge in [-0.05, 0) is 25.1 Å². The minimum Gasteiger partial charge on any atom is -0.370 e. The third-order valence-electron chi connectivity index (χ3n) is 2.48. The van der Waals surface area contributed by atoms with Crippen LogP contribution in [0.3, 0.4) is 0 Å². The molecular formula is C12H15ClN4O. The normalized spacial score (nSPS) is 11.1. The minimum atomic E-state index is -0.384. The number of aryl methyl sites for hydroxylation is 1. The second-order valence-corrected chi connectivity index (χ2v) is 3.83. The van der Waals surface area contributed by atoms with Gasteiger partial charge in [-0.2, -0.15) is 4.99 Å². The number of nitrogens with one attached hydrogen (secondary N) is 2. The third-order valence-corrected chi connectivity index (χ3v) is 2.48. The number of H-pyrrole nitrogens is 1. The summed E-state index contributed by atoms with van der Waals surface area (Å²) in [5.41, 5.74) is 7.93. The lowest BCUT2D eigenvalue weighted by Crippen LogP contribution is -2.28. The fourth-order valence-corrected chi connectivity index (χ4v) is 1.59. The van der Waals surface area contributed by atoms with Crippen LogP contribution in [0.1, 0.15) is 16.1 Å². The van der Waals surface area contributed by atoms with E-state index in [1.807, 2.05) is 25.1 Å². The molecule has 1 heterocycles. The average molecular weight is 267 g/mol. The van der Waals surface area contributed by atoms with Gasteiger partial charge in [-0.15, -0.1) is 12.4 Å². The van der Waals surface area contributed by atoms with Gasteiger partial charge in [-0.1, -0.05) is 11.6 Å². The van der Waals surface area contributed by atoms with Crippen molar-refractivity contribution in [3.05, 3.63) is 35.5 Å². The van der Waals surface area contributed by atoms with Crippen molar-refractivity contribution in [1.82, 2.24) is 10.3 Å². The number of nitrogens with zero attached hydrogens (tertiary/aromatic N) is 1. The maximum atomic E-state index is 11.7. The summed E-state index contributed by atoms with van der Waals surface area (Å²) in [5, 5.41) is 3.59. The van der Waals surface area contributed by atoms with Crippen LogP contribution in [-0.2, 0) is 0 Å². The first-order valence-corrected chi connectivity index (χ1v) is 5.26. The highest BCUT2D eigenvalue weighted by Gasteiger charge is 2.08. The molecule has 0 aliphatic carbocycles. The Balaban J connectivity index is 0.00000162. The largest absolute Gasteiger partial charge is 0.370 e. The van der Waals surface area contributed by atoms with Crippen LogP contribution in [0.4, 0.5) is 0 Å². The van der Waals surface area contributed by atoms with E-state index in [-0.39, 0.29) is 24.3 Å². The Bertz CT molecular complexity index is 603. The summed E-state index contributed by atoms with van der Waals surface area (Å²) in [6.45, 7) is 2.01. The molecule has 1 aromatic carbocycles. The number of fused-ring (bicyclic) bond motifs is 1. The summed E-state index contributed by atoms with van der Waals surface area (Å²) in [5.74, 6) is -0.282. The molecule has 2 rings (SSSR count). The van der Waals surface area contributed by atoms with Crippen molar-refractivity contribution in [1.29, 1.82) is 0 Å². The monoisotopic (exact) mass is 266 g/mol. The number of carbonyl (C=O) groups excluding carboxylic acids is 1. The lowest BCUT2D eigenvalue weighted by atomic mass is 10.2. The Hall–Kier alpha value is -2.01. The predicted octanol–water partition coefficient (Wildman–Crippen LogP) is 1.57. The Morgan fingerprint density at radius 1 is 1.39 bits per heavy atom. The van der Waals surface area contributed by atoms with E-state index in [9.17, 15) is 4.79 Å². The summed E-state index contributed by atoms with van der Waals surface area (Å²) in [4.78, 5) is 18.4. The number of hydrogen-bond acceptors (Lipinski definition) is 1. The molecule has 0 aliphatic rings. The fourth-order valence-electron chi connectivity index (χ4n) is 1.59. The number of rotatable bonds is 1. The maximum absolute atomic E-state index is 11.7. The number of carbonyl (C=O) groups is 1. The molecule has 5 nitrogen and oxygen atoms in total. The number of aliphatic imine (C=N–C) groups is 1. The lowest BCUT2D eigenvalue weighted by Gasteiger charge is -1.95. The number of hydrogen-bond donors (Lipinski definition) is 3. The molecule has 6 heteroatoms. The molecule has 1 aromatic heterocycles. The van der Waals surface area contributed by atoms with Crippen LogP contribution < -0.4 is 11.1 Å². The van der Waals surface area contributed by atoms with Crippen molar-refractivity contribution in [2.75, 3.05) is 7.05 Å². The van der Waals surface area contributed by atoms with E-state index in [0.29, 0.717) is 5.69 Å². The van der Waals surface area contributed by atoms with E-state index in [0.717, 1.165) is 16.5 Å². The average Bonchev–Trinajstić information content (AvgIpc) is 2.71. The van der Waals surface area contributed by atoms with Crippen LogP contribution in [0, 0.1) is 6.92 Å². The topological polar surface area (TPSA) is 83.3 Å². The molecule has 96 valence electrons. The summed E-state index contributed by atoms with van der Waals surface area (Å²) >= 11 is 0. The molecule has 0 fully saturated rings. The molecule has 1 amide bonds. The molecule has 18 heavy (non-hydrogen) atoms. The van der Waals surface area contributed by atoms with Gasteiger partial charge in [0.25, 0.3) is 5.91 Å². The highest BCUT2D eigenvalue weighted by atomic mass is 35.5. The number of aromatic amines is 1. The Kier molecular flexibility index (Phi) is 4.33. The van der Waals surface area contributed by atoms with Gasteiger partial charge < -0.3 is 16.0 Å². The zero-order chi connectivity index (χ0) is 12.4. The maximum Gasteiger partial charge on any atom is 0.296 e. The number of halogens is 1. The summed E-state index contributed by atoms with van der Waals surface area (Å²) in [6.07, 6.45) is 0. The molecule has 0 unspecified atom stereocenters. The lowest BCUT2D eigenvalue weighted by molar-refractivity contribution is 0.0998. The Morgan fingerprint density at radius 2 is 2.11 bits per heavy atom. The molecule has 0 radical (unpaired) electrons. The van der Waals surface area contributed by atoms with Crippen LogP contribution in [0.2, 0.25) is 0 Å². The fraction of sp³-hybridized carbons (Fsp3) is 0.167. The molecule has 2 aromatic rings. The van der Waals surface area contributed by atoms with Gasteiger partial charge in [-0.25, -0.2) is 0 Å². The van der Waals surface area contributed by atoms with Gasteiger partial charge in [0.2, 0.25) is 0 Å². The van der Waals surface area contributed by atoms with E-state index in [4.69, 9.17) is 5.73 Å². The smallest absolute Gasteiger partial charge is 0.296 e. The van der Waals surface area contributed by atoms with Crippen LogP contribution in [0.25, 0.3) is 10.9 Å². The number of amides is 1. The molecule has 0 saturated heterocycles. The van der Waals surface area contributed by atoms with Gasteiger partial charge in [0.15, 0.2) is 5.96 Å². The van der Waals surface area contributed by atoms with Crippen molar-refractivity contribution < 1.29 is 4.79 Å². The molecule has 0 aliphatic heterocycles. The molecular weight excluding hydrogens is 252 g/mol.